The van der Waals surface area contributed by atoms with Crippen LogP contribution in [-0.2, 0) is 0 Å². The van der Waals surface area contributed by atoms with Crippen molar-refractivity contribution in [2.24, 2.45) is 0 Å². The zero-order valence-electron chi connectivity index (χ0n) is 14.7. The number of amides is 1. The minimum atomic E-state index is -4.26. The molecule has 2 aliphatic rings. The molecule has 0 radical (unpaired) electrons. The molecule has 1 aliphatic carbocycles. The first-order chi connectivity index (χ1) is 11.8. The number of hydrogen-bond acceptors (Lipinski definition) is 2. The van der Waals surface area contributed by atoms with Gasteiger partial charge in [0.25, 0.3) is 5.91 Å². The van der Waals surface area contributed by atoms with E-state index in [1.807, 2.05) is 4.90 Å². The Balaban J connectivity index is 1.74. The number of rotatable bonds is 4. The number of nitrogens with zero attached hydrogens (tertiary/aromatic N) is 2. The zero-order valence-corrected chi connectivity index (χ0v) is 14.7. The second-order valence-corrected chi connectivity index (χ2v) is 7.36. The number of alkyl halides is 3. The molecular formula is C19H25F3N2O. The van der Waals surface area contributed by atoms with E-state index < -0.39 is 12.1 Å². The van der Waals surface area contributed by atoms with Gasteiger partial charge in [0.05, 0.1) is 5.92 Å². The summed E-state index contributed by atoms with van der Waals surface area (Å²) in [5.41, 5.74) is 0.685. The average molecular weight is 354 g/mol. The molecular weight excluding hydrogens is 329 g/mol. The third-order valence-corrected chi connectivity index (χ3v) is 5.40. The van der Waals surface area contributed by atoms with Crippen LogP contribution in [0.4, 0.5) is 13.2 Å². The Bertz CT molecular complexity index is 602. The highest BCUT2D eigenvalue weighted by molar-refractivity contribution is 5.95. The average Bonchev–Trinajstić information content (AvgIpc) is 3.40. The smallest absolute Gasteiger partial charge is 0.333 e. The fourth-order valence-electron chi connectivity index (χ4n) is 3.51. The van der Waals surface area contributed by atoms with Gasteiger partial charge in [-0.2, -0.15) is 13.2 Å². The summed E-state index contributed by atoms with van der Waals surface area (Å²) in [6, 6.07) is 6.50. The standard InChI is InChI=1S/C19H25F3N2O/c1-13(19(20,21)22)14-3-5-15(6-4-14)18(25)24(16-7-8-16)17-9-11-23(2)12-10-17/h3-6,13,16-17H,7-12H2,1-2H3. The lowest BCUT2D eigenvalue weighted by molar-refractivity contribution is -0.146. The Morgan fingerprint density at radius 3 is 2.08 bits per heavy atom. The van der Waals surface area contributed by atoms with Crippen molar-refractivity contribution in [3.8, 4) is 0 Å². The Labute approximate surface area is 146 Å². The molecule has 1 saturated heterocycles. The summed E-state index contributed by atoms with van der Waals surface area (Å²) in [7, 11) is 2.08. The van der Waals surface area contributed by atoms with E-state index in [1.165, 1.54) is 12.1 Å². The predicted molar refractivity (Wildman–Crippen MR) is 90.6 cm³/mol. The highest BCUT2D eigenvalue weighted by Gasteiger charge is 2.39. The minimum absolute atomic E-state index is 0.0386. The van der Waals surface area contributed by atoms with Gasteiger partial charge in [0.2, 0.25) is 0 Å². The molecule has 0 bridgehead atoms. The van der Waals surface area contributed by atoms with Crippen molar-refractivity contribution in [3.05, 3.63) is 35.4 Å². The van der Waals surface area contributed by atoms with E-state index >= 15 is 0 Å². The normalized spacial score (nSPS) is 21.2. The van der Waals surface area contributed by atoms with E-state index in [1.54, 1.807) is 12.1 Å². The van der Waals surface area contributed by atoms with Crippen molar-refractivity contribution in [1.29, 1.82) is 0 Å². The molecule has 0 spiro atoms. The van der Waals surface area contributed by atoms with E-state index in [2.05, 4.69) is 11.9 Å². The van der Waals surface area contributed by atoms with Crippen molar-refractivity contribution >= 4 is 5.91 Å². The Hall–Kier alpha value is -1.56. The Morgan fingerprint density at radius 2 is 1.60 bits per heavy atom. The van der Waals surface area contributed by atoms with E-state index in [0.717, 1.165) is 45.7 Å². The van der Waals surface area contributed by atoms with E-state index in [4.69, 9.17) is 0 Å². The summed E-state index contributed by atoms with van der Waals surface area (Å²) >= 11 is 0. The quantitative estimate of drug-likeness (QED) is 0.814. The molecule has 1 amide bonds. The lowest BCUT2D eigenvalue weighted by atomic mass is 9.98. The van der Waals surface area contributed by atoms with E-state index in [0.29, 0.717) is 11.6 Å². The van der Waals surface area contributed by atoms with Crippen molar-refractivity contribution in [2.45, 2.75) is 56.8 Å². The molecule has 1 aromatic carbocycles. The van der Waals surface area contributed by atoms with Gasteiger partial charge in [-0.05, 0) is 70.4 Å². The van der Waals surface area contributed by atoms with Crippen LogP contribution in [-0.4, -0.2) is 54.1 Å². The maximum atomic E-state index is 13.0. The largest absolute Gasteiger partial charge is 0.395 e. The fourth-order valence-corrected chi connectivity index (χ4v) is 3.51. The molecule has 3 rings (SSSR count). The first-order valence-electron chi connectivity index (χ1n) is 8.95. The van der Waals surface area contributed by atoms with E-state index in [-0.39, 0.29) is 17.5 Å². The SMILES string of the molecule is CC(c1ccc(C(=O)N(C2CC2)C2CCN(C)CC2)cc1)C(F)(F)F. The van der Waals surface area contributed by atoms with Gasteiger partial charge in [0, 0.05) is 17.6 Å². The molecule has 0 aromatic heterocycles. The molecule has 1 heterocycles. The van der Waals surface area contributed by atoms with Crippen LogP contribution in [0.2, 0.25) is 0 Å². The van der Waals surface area contributed by atoms with Crippen LogP contribution in [0.1, 0.15) is 54.4 Å². The second-order valence-electron chi connectivity index (χ2n) is 7.36. The van der Waals surface area contributed by atoms with Crippen LogP contribution in [0.3, 0.4) is 0 Å². The lowest BCUT2D eigenvalue weighted by Crippen LogP contribution is -2.47. The molecule has 1 saturated carbocycles. The number of carbonyl (C=O) groups excluding carboxylic acids is 1. The Kier molecular flexibility index (Phi) is 5.09. The molecule has 6 heteroatoms. The van der Waals surface area contributed by atoms with E-state index in [9.17, 15) is 18.0 Å². The Morgan fingerprint density at radius 1 is 1.08 bits per heavy atom. The van der Waals surface area contributed by atoms with Crippen molar-refractivity contribution in [1.82, 2.24) is 9.80 Å². The highest BCUT2D eigenvalue weighted by atomic mass is 19.4. The van der Waals surface area contributed by atoms with Crippen LogP contribution >= 0.6 is 0 Å². The predicted octanol–water partition coefficient (Wildman–Crippen LogP) is 4.05. The van der Waals surface area contributed by atoms with Gasteiger partial charge in [-0.25, -0.2) is 0 Å². The molecule has 1 atom stereocenters. The number of piperidine rings is 1. The number of hydrogen-bond donors (Lipinski definition) is 0. The second kappa shape index (κ2) is 6.98. The monoisotopic (exact) mass is 354 g/mol. The minimum Gasteiger partial charge on any atom is -0.333 e. The summed E-state index contributed by atoms with van der Waals surface area (Å²) in [4.78, 5) is 17.2. The number of carbonyl (C=O) groups is 1. The first-order valence-corrected chi connectivity index (χ1v) is 8.95. The van der Waals surface area contributed by atoms with Crippen LogP contribution in [0.25, 0.3) is 0 Å². The third-order valence-electron chi connectivity index (χ3n) is 5.40. The van der Waals surface area contributed by atoms with Crippen molar-refractivity contribution < 1.29 is 18.0 Å². The first kappa shape index (κ1) is 18.2. The molecule has 0 N–H and O–H groups in total. The molecule has 1 aromatic rings. The molecule has 3 nitrogen and oxygen atoms in total. The molecule has 138 valence electrons. The zero-order chi connectivity index (χ0) is 18.2. The van der Waals surface area contributed by atoms with Gasteiger partial charge < -0.3 is 9.80 Å². The van der Waals surface area contributed by atoms with Crippen molar-refractivity contribution in [3.63, 3.8) is 0 Å². The molecule has 2 fully saturated rings. The van der Waals surface area contributed by atoms with Gasteiger partial charge in [0.15, 0.2) is 0 Å². The maximum Gasteiger partial charge on any atom is 0.395 e. The van der Waals surface area contributed by atoms with Gasteiger partial charge in [-0.3, -0.25) is 4.79 Å². The summed E-state index contributed by atoms with van der Waals surface area (Å²) < 4.78 is 38.5. The molecule has 1 aliphatic heterocycles. The number of likely N-dealkylation sites (tertiary alicyclic amines) is 1. The summed E-state index contributed by atoms with van der Waals surface area (Å²) in [6.45, 7) is 3.10. The van der Waals surface area contributed by atoms with Gasteiger partial charge in [-0.15, -0.1) is 0 Å². The third kappa shape index (κ3) is 4.17. The van der Waals surface area contributed by atoms with Crippen molar-refractivity contribution in [2.75, 3.05) is 20.1 Å². The van der Waals surface area contributed by atoms with Gasteiger partial charge >= 0.3 is 6.18 Å². The number of benzene rings is 1. The van der Waals surface area contributed by atoms with Gasteiger partial charge in [0.1, 0.15) is 0 Å². The van der Waals surface area contributed by atoms with Crippen LogP contribution in [0.5, 0.6) is 0 Å². The molecule has 1 unspecified atom stereocenters. The maximum absolute atomic E-state index is 13.0. The fraction of sp³-hybridized carbons (Fsp3) is 0.632. The van der Waals surface area contributed by atoms with Gasteiger partial charge in [-0.1, -0.05) is 12.1 Å². The van der Waals surface area contributed by atoms with Crippen LogP contribution in [0, 0.1) is 0 Å². The van der Waals surface area contributed by atoms with Crippen LogP contribution < -0.4 is 0 Å². The molecule has 25 heavy (non-hydrogen) atoms. The lowest BCUT2D eigenvalue weighted by Gasteiger charge is -2.37. The topological polar surface area (TPSA) is 23.6 Å². The summed E-state index contributed by atoms with van der Waals surface area (Å²) in [5, 5.41) is 0. The summed E-state index contributed by atoms with van der Waals surface area (Å²) in [6.07, 6.45) is -0.286. The number of halogens is 3. The summed E-state index contributed by atoms with van der Waals surface area (Å²) in [5.74, 6) is -1.56. The van der Waals surface area contributed by atoms with Crippen LogP contribution in [0.15, 0.2) is 24.3 Å². The highest BCUT2D eigenvalue weighted by Crippen LogP contribution is 2.35.